The quantitative estimate of drug-likeness (QED) is 0.750. The minimum Gasteiger partial charge on any atom is -0.477 e. The maximum Gasteiger partial charge on any atom is 0.411 e. The lowest BCUT2D eigenvalue weighted by Gasteiger charge is -2.20. The molecule has 0 aliphatic heterocycles. The van der Waals surface area contributed by atoms with E-state index in [2.05, 4.69) is 0 Å². The Balaban J connectivity index is 5.37. The summed E-state index contributed by atoms with van der Waals surface area (Å²) in [7, 11) is 0. The zero-order valence-corrected chi connectivity index (χ0v) is 6.00. The van der Waals surface area contributed by atoms with Crippen molar-refractivity contribution in [2.45, 2.75) is 11.8 Å². The predicted molar refractivity (Wildman–Crippen MR) is 27.9 cm³/mol. The number of allylic oxidation sites excluding steroid dienone is 1. The van der Waals surface area contributed by atoms with E-state index in [1.807, 2.05) is 0 Å². The Morgan fingerprint density at radius 3 is 1.50 bits per heavy atom. The molecular formula is C5HF7O2. The van der Waals surface area contributed by atoms with Gasteiger partial charge < -0.3 is 5.11 Å². The van der Waals surface area contributed by atoms with Crippen molar-refractivity contribution in [2.75, 3.05) is 0 Å². The zero-order valence-electron chi connectivity index (χ0n) is 6.00. The minimum absolute atomic E-state index is 3.40. The third-order valence-corrected chi connectivity index (χ3v) is 1.10. The van der Waals surface area contributed by atoms with Crippen LogP contribution >= 0.6 is 0 Å². The molecule has 0 aromatic carbocycles. The fraction of sp³-hybridized carbons (Fsp3) is 0.400. The summed E-state index contributed by atoms with van der Waals surface area (Å²) in [5, 5.41) is 7.54. The number of carboxylic acid groups (broad SMARTS) is 1. The number of carboxylic acids is 1. The molecule has 0 fully saturated rings. The number of carbonyl (C=O) groups is 1. The number of hydrogen-bond donors (Lipinski definition) is 1. The highest BCUT2D eigenvalue weighted by atomic mass is 19.3. The standard InChI is InChI=1S/C5HF7O2/c6-1(2(7)8)4(9,10)5(11,12)3(13)14/h(H,13,14). The molecule has 0 saturated heterocycles. The van der Waals surface area contributed by atoms with Crippen molar-refractivity contribution in [3.63, 3.8) is 0 Å². The van der Waals surface area contributed by atoms with Gasteiger partial charge in [-0.2, -0.15) is 30.7 Å². The van der Waals surface area contributed by atoms with Crippen LogP contribution in [0.5, 0.6) is 0 Å². The van der Waals surface area contributed by atoms with Crippen molar-refractivity contribution < 1.29 is 40.6 Å². The zero-order chi connectivity index (χ0) is 11.7. The average molecular weight is 226 g/mol. The predicted octanol–water partition coefficient (Wildman–Crippen LogP) is 2.42. The van der Waals surface area contributed by atoms with Crippen molar-refractivity contribution >= 4 is 5.97 Å². The molecule has 0 aliphatic rings. The maximum absolute atomic E-state index is 12.1. The molecule has 0 aromatic heterocycles. The van der Waals surface area contributed by atoms with Gasteiger partial charge in [-0.3, -0.25) is 0 Å². The molecular weight excluding hydrogens is 225 g/mol. The van der Waals surface area contributed by atoms with Crippen LogP contribution in [0.2, 0.25) is 0 Å². The van der Waals surface area contributed by atoms with E-state index in [4.69, 9.17) is 5.11 Å². The summed E-state index contributed by atoms with van der Waals surface area (Å²) in [5.74, 6) is -19.2. The molecule has 0 rings (SSSR count). The SMILES string of the molecule is O=C(O)C(F)(F)C(F)(F)C(F)=C(F)F. The Hall–Kier alpha value is -1.28. The number of rotatable bonds is 3. The Bertz CT molecular complexity index is 278. The second kappa shape index (κ2) is 3.46. The van der Waals surface area contributed by atoms with Gasteiger partial charge in [0, 0.05) is 0 Å². The van der Waals surface area contributed by atoms with E-state index in [-0.39, 0.29) is 0 Å². The fourth-order valence-corrected chi connectivity index (χ4v) is 0.391. The summed E-state index contributed by atoms with van der Waals surface area (Å²) in [5.41, 5.74) is 0. The summed E-state index contributed by atoms with van der Waals surface area (Å²) < 4.78 is 82.3. The fourth-order valence-electron chi connectivity index (χ4n) is 0.391. The highest BCUT2D eigenvalue weighted by Gasteiger charge is 2.67. The molecule has 1 N–H and O–H groups in total. The van der Waals surface area contributed by atoms with Crippen molar-refractivity contribution in [1.82, 2.24) is 0 Å². The third-order valence-electron chi connectivity index (χ3n) is 1.10. The van der Waals surface area contributed by atoms with E-state index in [0.717, 1.165) is 0 Å². The summed E-state index contributed by atoms with van der Waals surface area (Å²) in [4.78, 5) is 9.53. The van der Waals surface area contributed by atoms with Crippen LogP contribution < -0.4 is 0 Å². The van der Waals surface area contributed by atoms with Gasteiger partial charge in [-0.1, -0.05) is 0 Å². The van der Waals surface area contributed by atoms with Crippen molar-refractivity contribution in [1.29, 1.82) is 0 Å². The van der Waals surface area contributed by atoms with Gasteiger partial charge in [0.25, 0.3) is 0 Å². The molecule has 0 aromatic rings. The van der Waals surface area contributed by atoms with Gasteiger partial charge in [-0.25, -0.2) is 4.79 Å². The van der Waals surface area contributed by atoms with Crippen molar-refractivity contribution in [3.05, 3.63) is 11.9 Å². The molecule has 9 heteroatoms. The van der Waals surface area contributed by atoms with E-state index in [0.29, 0.717) is 0 Å². The lowest BCUT2D eigenvalue weighted by atomic mass is 10.1. The van der Waals surface area contributed by atoms with E-state index in [1.165, 1.54) is 0 Å². The Labute approximate surface area is 71.6 Å². The molecule has 14 heavy (non-hydrogen) atoms. The molecule has 0 aliphatic carbocycles. The molecule has 82 valence electrons. The number of hydrogen-bond acceptors (Lipinski definition) is 1. The van der Waals surface area contributed by atoms with Crippen LogP contribution in [0.3, 0.4) is 0 Å². The van der Waals surface area contributed by atoms with Crippen LogP contribution in [0.15, 0.2) is 11.9 Å². The topological polar surface area (TPSA) is 37.3 Å². The van der Waals surface area contributed by atoms with Crippen LogP contribution in [0, 0.1) is 0 Å². The molecule has 2 nitrogen and oxygen atoms in total. The van der Waals surface area contributed by atoms with Crippen LogP contribution in [0.4, 0.5) is 30.7 Å². The summed E-state index contributed by atoms with van der Waals surface area (Å²) in [6, 6.07) is 0. The molecule has 0 heterocycles. The van der Waals surface area contributed by atoms with Crippen molar-refractivity contribution in [3.8, 4) is 0 Å². The highest BCUT2D eigenvalue weighted by molar-refractivity contribution is 5.77. The van der Waals surface area contributed by atoms with Gasteiger partial charge in [0.05, 0.1) is 0 Å². The monoisotopic (exact) mass is 226 g/mol. The molecule has 0 atom stereocenters. The number of halogens is 7. The first-order valence-corrected chi connectivity index (χ1v) is 2.75. The van der Waals surface area contributed by atoms with Crippen molar-refractivity contribution in [2.24, 2.45) is 0 Å². The molecule has 0 amide bonds. The second-order valence-electron chi connectivity index (χ2n) is 2.03. The number of aliphatic carboxylic acids is 1. The highest BCUT2D eigenvalue weighted by Crippen LogP contribution is 2.42. The molecule has 0 saturated carbocycles. The lowest BCUT2D eigenvalue weighted by molar-refractivity contribution is -0.216. The van der Waals surface area contributed by atoms with E-state index in [1.54, 1.807) is 0 Å². The third kappa shape index (κ3) is 1.80. The molecule has 0 spiro atoms. The molecule has 0 bridgehead atoms. The number of alkyl halides is 4. The van der Waals surface area contributed by atoms with Crippen LogP contribution in [0.25, 0.3) is 0 Å². The first-order chi connectivity index (χ1) is 6.05. The summed E-state index contributed by atoms with van der Waals surface area (Å²) in [6.45, 7) is 0. The Kier molecular flexibility index (Phi) is 3.15. The van der Waals surface area contributed by atoms with Crippen LogP contribution in [-0.2, 0) is 4.79 Å². The Morgan fingerprint density at radius 1 is 0.929 bits per heavy atom. The lowest BCUT2D eigenvalue weighted by Crippen LogP contribution is -2.47. The van der Waals surface area contributed by atoms with Crippen LogP contribution in [0.1, 0.15) is 0 Å². The van der Waals surface area contributed by atoms with Gasteiger partial charge in [0.15, 0.2) is 0 Å². The Morgan fingerprint density at radius 2 is 1.29 bits per heavy atom. The normalized spacial score (nSPS) is 12.5. The smallest absolute Gasteiger partial charge is 0.411 e. The molecule has 0 radical (unpaired) electrons. The summed E-state index contributed by atoms with van der Waals surface area (Å²) in [6.07, 6.45) is -3.70. The van der Waals surface area contributed by atoms with E-state index >= 15 is 0 Å². The van der Waals surface area contributed by atoms with Crippen LogP contribution in [-0.4, -0.2) is 22.9 Å². The van der Waals surface area contributed by atoms with Gasteiger partial charge in [-0.05, 0) is 0 Å². The first kappa shape index (κ1) is 12.7. The van der Waals surface area contributed by atoms with Gasteiger partial charge in [0.1, 0.15) is 0 Å². The van der Waals surface area contributed by atoms with Gasteiger partial charge >= 0.3 is 23.9 Å². The summed E-state index contributed by atoms with van der Waals surface area (Å²) >= 11 is 0. The van der Waals surface area contributed by atoms with E-state index < -0.39 is 29.7 Å². The average Bonchev–Trinajstić information content (AvgIpc) is 2.01. The minimum atomic E-state index is -6.07. The molecule has 0 unspecified atom stereocenters. The largest absolute Gasteiger partial charge is 0.477 e. The second-order valence-corrected chi connectivity index (χ2v) is 2.03. The van der Waals surface area contributed by atoms with Gasteiger partial charge in [-0.15, -0.1) is 0 Å². The van der Waals surface area contributed by atoms with E-state index in [9.17, 15) is 35.5 Å². The maximum atomic E-state index is 12.1. The van der Waals surface area contributed by atoms with Gasteiger partial charge in [0.2, 0.25) is 5.83 Å². The first-order valence-electron chi connectivity index (χ1n) is 2.75.